The van der Waals surface area contributed by atoms with Crippen LogP contribution in [0.4, 0.5) is 4.39 Å². The number of aliphatic carboxylic acids is 1. The van der Waals surface area contributed by atoms with Crippen LogP contribution in [0, 0.1) is 17.7 Å². The Morgan fingerprint density at radius 2 is 1.73 bits per heavy atom. The summed E-state index contributed by atoms with van der Waals surface area (Å²) >= 11 is 12.4. The number of carboxylic acid groups (broad SMARTS) is 1. The maximum absolute atomic E-state index is 15.5. The van der Waals surface area contributed by atoms with Crippen LogP contribution in [0.5, 0.6) is 5.75 Å². The van der Waals surface area contributed by atoms with Gasteiger partial charge in [-0.3, -0.25) is 9.69 Å². The molecule has 1 amide bonds. The first-order valence-corrected chi connectivity index (χ1v) is 15.7. The van der Waals surface area contributed by atoms with Gasteiger partial charge in [0.25, 0.3) is 5.91 Å². The van der Waals surface area contributed by atoms with E-state index in [1.807, 2.05) is 12.1 Å². The molecule has 2 aliphatic heterocycles. The Hall–Kier alpha value is -2.35. The second kappa shape index (κ2) is 11.7. The summed E-state index contributed by atoms with van der Waals surface area (Å²) in [5.41, 5.74) is 1.94. The van der Waals surface area contributed by atoms with Gasteiger partial charge in [0.05, 0.1) is 12.2 Å². The minimum atomic E-state index is -1.01. The Morgan fingerprint density at radius 1 is 1.02 bits per heavy atom. The van der Waals surface area contributed by atoms with Crippen molar-refractivity contribution in [1.29, 1.82) is 0 Å². The molecule has 220 valence electrons. The van der Waals surface area contributed by atoms with Crippen LogP contribution in [0.15, 0.2) is 30.3 Å². The van der Waals surface area contributed by atoms with Gasteiger partial charge < -0.3 is 14.7 Å². The monoisotopic (exact) mass is 602 g/mol. The molecule has 0 bridgehead atoms. The van der Waals surface area contributed by atoms with Crippen LogP contribution in [0.25, 0.3) is 0 Å². The van der Waals surface area contributed by atoms with Crippen molar-refractivity contribution < 1.29 is 23.8 Å². The first-order chi connectivity index (χ1) is 19.7. The van der Waals surface area contributed by atoms with Gasteiger partial charge in [-0.25, -0.2) is 9.18 Å². The van der Waals surface area contributed by atoms with E-state index < -0.39 is 23.7 Å². The van der Waals surface area contributed by atoms with E-state index >= 15 is 4.39 Å². The quantitative estimate of drug-likeness (QED) is 0.342. The van der Waals surface area contributed by atoms with E-state index in [-0.39, 0.29) is 29.5 Å². The van der Waals surface area contributed by atoms with E-state index in [2.05, 4.69) is 11.8 Å². The van der Waals surface area contributed by atoms with Gasteiger partial charge in [0.15, 0.2) is 0 Å². The third-order valence-corrected chi connectivity index (χ3v) is 10.2. The lowest BCUT2D eigenvalue weighted by Crippen LogP contribution is -2.45. The van der Waals surface area contributed by atoms with Crippen LogP contribution in [0.3, 0.4) is 0 Å². The highest BCUT2D eigenvalue weighted by molar-refractivity contribution is 6.34. The van der Waals surface area contributed by atoms with Gasteiger partial charge in [0.1, 0.15) is 17.6 Å². The van der Waals surface area contributed by atoms with E-state index in [1.54, 1.807) is 12.1 Å². The molecular weight excluding hydrogens is 566 g/mol. The molecule has 2 heterocycles. The number of carboxylic acids is 1. The first-order valence-electron chi connectivity index (χ1n) is 14.9. The summed E-state index contributed by atoms with van der Waals surface area (Å²) in [6.45, 7) is 4.49. The predicted molar refractivity (Wildman–Crippen MR) is 156 cm³/mol. The molecule has 1 N–H and O–H groups in total. The number of hydrogen-bond acceptors (Lipinski definition) is 4. The summed E-state index contributed by atoms with van der Waals surface area (Å²) in [4.78, 5) is 29.5. The number of halogens is 3. The average molecular weight is 604 g/mol. The van der Waals surface area contributed by atoms with Crippen molar-refractivity contribution in [3.05, 3.63) is 62.9 Å². The van der Waals surface area contributed by atoms with Crippen LogP contribution in [-0.2, 0) is 4.79 Å². The number of fused-ring (bicyclic) bond motifs is 1. The van der Waals surface area contributed by atoms with E-state index in [0.717, 1.165) is 69.2 Å². The normalized spacial score (nSPS) is 25.8. The lowest BCUT2D eigenvalue weighted by atomic mass is 9.95. The van der Waals surface area contributed by atoms with Crippen LogP contribution in [-0.4, -0.2) is 58.6 Å². The first kappa shape index (κ1) is 28.8. The van der Waals surface area contributed by atoms with Gasteiger partial charge in [-0.2, -0.15) is 0 Å². The molecule has 0 spiro atoms. The molecule has 4 atom stereocenters. The smallest absolute Gasteiger partial charge is 0.326 e. The molecule has 2 saturated heterocycles. The molecule has 2 aromatic carbocycles. The second-order valence-electron chi connectivity index (χ2n) is 12.4. The molecule has 0 aromatic heterocycles. The van der Waals surface area contributed by atoms with Gasteiger partial charge in [-0.15, -0.1) is 0 Å². The van der Waals surface area contributed by atoms with E-state index in [0.29, 0.717) is 34.7 Å². The third kappa shape index (κ3) is 5.95. The topological polar surface area (TPSA) is 70.1 Å². The summed E-state index contributed by atoms with van der Waals surface area (Å²) in [7, 11) is 0. The lowest BCUT2D eigenvalue weighted by Gasteiger charge is -2.36. The number of likely N-dealkylation sites (tertiary alicyclic amines) is 2. The molecular formula is C32H37Cl2FN2O4. The zero-order valence-electron chi connectivity index (χ0n) is 23.3. The van der Waals surface area contributed by atoms with Gasteiger partial charge in [-0.05, 0) is 118 Å². The Labute approximate surface area is 250 Å². The summed E-state index contributed by atoms with van der Waals surface area (Å²) in [5.74, 6) is -0.848. The molecule has 4 aliphatic rings. The molecule has 6 rings (SSSR count). The maximum Gasteiger partial charge on any atom is 0.326 e. The molecule has 6 nitrogen and oxygen atoms in total. The standard InChI is InChI=1S/C32H37Cl2FN2O4/c1-18(22-11-23(33)14-24(34)12-22)36-9-7-19(8-10-36)17-41-30-16-27(35)26(15-25(30)20-5-6-20)31(38)37-28-4-2-3-21(28)13-29(37)32(39)40/h11-12,14-16,18-21,28-29H,2-10,13,17H2,1H3,(H,39,40)/t18-,21-,28-,29-/m1/s1. The fourth-order valence-corrected chi connectivity index (χ4v) is 7.80. The van der Waals surface area contributed by atoms with Gasteiger partial charge in [-0.1, -0.05) is 29.6 Å². The Bertz CT molecular complexity index is 1310. The molecule has 0 radical (unpaired) electrons. The number of carbonyl (C=O) groups is 2. The average Bonchev–Trinajstić information content (AvgIpc) is 3.57. The predicted octanol–water partition coefficient (Wildman–Crippen LogP) is 7.33. The number of carbonyl (C=O) groups excluding carboxylic acids is 1. The fraction of sp³-hybridized carbons (Fsp3) is 0.562. The highest BCUT2D eigenvalue weighted by Crippen LogP contribution is 2.47. The van der Waals surface area contributed by atoms with E-state index in [4.69, 9.17) is 27.9 Å². The number of piperidine rings is 1. The molecule has 2 aromatic rings. The minimum absolute atomic E-state index is 0.0264. The largest absolute Gasteiger partial charge is 0.493 e. The van der Waals surface area contributed by atoms with Crippen molar-refractivity contribution in [1.82, 2.24) is 9.80 Å². The Morgan fingerprint density at radius 3 is 2.39 bits per heavy atom. The number of hydrogen-bond donors (Lipinski definition) is 1. The van der Waals surface area contributed by atoms with Crippen molar-refractivity contribution in [2.24, 2.45) is 11.8 Å². The fourth-order valence-electron chi connectivity index (χ4n) is 7.26. The summed E-state index contributed by atoms with van der Waals surface area (Å²) in [5, 5.41) is 11.1. The summed E-state index contributed by atoms with van der Waals surface area (Å²) in [6, 6.07) is 7.87. The van der Waals surface area contributed by atoms with Crippen LogP contribution in [0.2, 0.25) is 10.0 Å². The molecule has 2 aliphatic carbocycles. The second-order valence-corrected chi connectivity index (χ2v) is 13.2. The SMILES string of the molecule is C[C@H](c1cc(Cl)cc(Cl)c1)N1CCC(COc2cc(F)c(C(=O)N3[C@@H](C(=O)O)C[C@H]4CCC[C@H]43)cc2C2CC2)CC1. The maximum atomic E-state index is 15.5. The third-order valence-electron chi connectivity index (χ3n) is 9.74. The van der Waals surface area contributed by atoms with Crippen molar-refractivity contribution in [2.45, 2.75) is 82.3 Å². The van der Waals surface area contributed by atoms with Crippen LogP contribution < -0.4 is 4.74 Å². The summed E-state index contributed by atoms with van der Waals surface area (Å²) < 4.78 is 21.8. The molecule has 2 saturated carbocycles. The molecule has 0 unspecified atom stereocenters. The molecule has 4 fully saturated rings. The number of benzene rings is 2. The number of rotatable bonds is 8. The Kier molecular flexibility index (Phi) is 8.23. The van der Waals surface area contributed by atoms with E-state index in [9.17, 15) is 14.7 Å². The van der Waals surface area contributed by atoms with Gasteiger partial charge in [0.2, 0.25) is 0 Å². The van der Waals surface area contributed by atoms with Crippen molar-refractivity contribution in [3.63, 3.8) is 0 Å². The summed E-state index contributed by atoms with van der Waals surface area (Å²) in [6.07, 6.45) is 7.01. The van der Waals surface area contributed by atoms with E-state index in [1.165, 1.54) is 11.0 Å². The zero-order valence-corrected chi connectivity index (χ0v) is 24.8. The van der Waals surface area contributed by atoms with Crippen LogP contribution in [0.1, 0.15) is 91.7 Å². The highest BCUT2D eigenvalue weighted by Gasteiger charge is 2.49. The lowest BCUT2D eigenvalue weighted by molar-refractivity contribution is -0.141. The van der Waals surface area contributed by atoms with Crippen LogP contribution >= 0.6 is 23.2 Å². The van der Waals surface area contributed by atoms with Crippen molar-refractivity contribution >= 4 is 35.1 Å². The molecule has 9 heteroatoms. The van der Waals surface area contributed by atoms with Crippen molar-refractivity contribution in [3.8, 4) is 5.75 Å². The Balaban J connectivity index is 1.12. The van der Waals surface area contributed by atoms with Crippen molar-refractivity contribution in [2.75, 3.05) is 19.7 Å². The zero-order chi connectivity index (χ0) is 28.8. The number of nitrogens with zero attached hydrogens (tertiary/aromatic N) is 2. The number of amides is 1. The number of ether oxygens (including phenoxy) is 1. The highest BCUT2D eigenvalue weighted by atomic mass is 35.5. The van der Waals surface area contributed by atoms with Gasteiger partial charge >= 0.3 is 5.97 Å². The molecule has 41 heavy (non-hydrogen) atoms. The minimum Gasteiger partial charge on any atom is -0.493 e. The van der Waals surface area contributed by atoms with Gasteiger partial charge in [0, 0.05) is 28.2 Å².